The van der Waals surface area contributed by atoms with Gasteiger partial charge in [-0.2, -0.15) is 15.0 Å². The maximum Gasteiger partial charge on any atom is 0.408 e. The van der Waals surface area contributed by atoms with Crippen molar-refractivity contribution in [1.82, 2.24) is 30.5 Å². The van der Waals surface area contributed by atoms with Crippen molar-refractivity contribution in [1.29, 1.82) is 0 Å². The summed E-state index contributed by atoms with van der Waals surface area (Å²) in [7, 11) is 0. The summed E-state index contributed by atoms with van der Waals surface area (Å²) in [5.41, 5.74) is -1.42. The lowest BCUT2D eigenvalue weighted by Crippen LogP contribution is -2.56. The van der Waals surface area contributed by atoms with E-state index in [1.807, 2.05) is 12.2 Å². The quantitative estimate of drug-likeness (QED) is 0.502. The van der Waals surface area contributed by atoms with Crippen LogP contribution in [0.25, 0.3) is 0 Å². The van der Waals surface area contributed by atoms with Crippen LogP contribution < -0.4 is 10.6 Å². The van der Waals surface area contributed by atoms with Crippen LogP contribution in [0.5, 0.6) is 0 Å². The SMILES string of the molecule is Cc1cnn([C@@H]2C[C@H]3C(=O)N[C@]4(C(=O)O)C[C@@H]4/C=C\CCCCC[C@H](NC(=O)OC(C)(C)C)C(=O)N3C2)n1. The average Bonchev–Trinajstić information content (AvgIpc) is 3.14. The number of amides is 3. The molecule has 12 nitrogen and oxygen atoms in total. The summed E-state index contributed by atoms with van der Waals surface area (Å²) in [5, 5.41) is 24.1. The molecule has 3 amide bonds. The molecule has 208 valence electrons. The minimum absolute atomic E-state index is 0.154. The van der Waals surface area contributed by atoms with Gasteiger partial charge in [-0.3, -0.25) is 9.59 Å². The molecule has 0 aromatic carbocycles. The number of alkyl carbamates (subject to hydrolysis) is 1. The maximum absolute atomic E-state index is 13.9. The van der Waals surface area contributed by atoms with Gasteiger partial charge < -0.3 is 25.4 Å². The van der Waals surface area contributed by atoms with Crippen LogP contribution in [0, 0.1) is 12.8 Å². The number of rotatable bonds is 3. The zero-order chi connectivity index (χ0) is 27.7. The second-order valence-corrected chi connectivity index (χ2v) is 11.5. The molecule has 0 bridgehead atoms. The number of carboxylic acid groups (broad SMARTS) is 1. The fourth-order valence-electron chi connectivity index (χ4n) is 5.23. The number of nitrogens with one attached hydrogen (secondary N) is 2. The Balaban J connectivity index is 1.63. The van der Waals surface area contributed by atoms with Crippen LogP contribution in [0.3, 0.4) is 0 Å². The molecular weight excluding hydrogens is 492 g/mol. The zero-order valence-electron chi connectivity index (χ0n) is 22.5. The molecule has 38 heavy (non-hydrogen) atoms. The maximum atomic E-state index is 13.9. The van der Waals surface area contributed by atoms with Crippen LogP contribution in [-0.4, -0.2) is 78.6 Å². The third kappa shape index (κ3) is 6.16. The van der Waals surface area contributed by atoms with Crippen LogP contribution in [-0.2, 0) is 19.1 Å². The van der Waals surface area contributed by atoms with E-state index in [2.05, 4.69) is 20.8 Å². The molecule has 1 aromatic heterocycles. The van der Waals surface area contributed by atoms with Gasteiger partial charge in [0.1, 0.15) is 23.2 Å². The number of carboxylic acids is 1. The van der Waals surface area contributed by atoms with Crippen LogP contribution in [0.2, 0.25) is 0 Å². The molecule has 4 rings (SSSR count). The smallest absolute Gasteiger partial charge is 0.408 e. The summed E-state index contributed by atoms with van der Waals surface area (Å²) < 4.78 is 5.40. The summed E-state index contributed by atoms with van der Waals surface area (Å²) in [6, 6.07) is -2.21. The first-order valence-corrected chi connectivity index (χ1v) is 13.3. The van der Waals surface area contributed by atoms with Gasteiger partial charge in [-0.05, 0) is 53.4 Å². The highest BCUT2D eigenvalue weighted by atomic mass is 16.6. The molecule has 12 heteroatoms. The molecule has 2 aliphatic heterocycles. The topological polar surface area (TPSA) is 156 Å². The van der Waals surface area contributed by atoms with E-state index in [-0.39, 0.29) is 24.9 Å². The molecule has 1 saturated carbocycles. The Labute approximate surface area is 222 Å². The summed E-state index contributed by atoms with van der Waals surface area (Å²) in [6.45, 7) is 7.18. The Hall–Kier alpha value is -3.44. The minimum Gasteiger partial charge on any atom is -0.479 e. The predicted molar refractivity (Wildman–Crippen MR) is 136 cm³/mol. The van der Waals surface area contributed by atoms with Crippen molar-refractivity contribution in [3.63, 3.8) is 0 Å². The summed E-state index contributed by atoms with van der Waals surface area (Å²) in [4.78, 5) is 55.2. The van der Waals surface area contributed by atoms with E-state index in [0.717, 1.165) is 19.3 Å². The van der Waals surface area contributed by atoms with E-state index >= 15 is 0 Å². The molecule has 3 N–H and O–H groups in total. The van der Waals surface area contributed by atoms with Gasteiger partial charge in [-0.1, -0.05) is 25.0 Å². The van der Waals surface area contributed by atoms with Crippen molar-refractivity contribution in [2.45, 2.75) is 102 Å². The first kappa shape index (κ1) is 27.6. The predicted octanol–water partition coefficient (Wildman–Crippen LogP) is 2.10. The highest BCUT2D eigenvalue weighted by molar-refractivity contribution is 5.96. The van der Waals surface area contributed by atoms with Gasteiger partial charge in [-0.15, -0.1) is 0 Å². The number of hydrogen-bond acceptors (Lipinski definition) is 7. The second kappa shape index (κ2) is 10.7. The van der Waals surface area contributed by atoms with Crippen molar-refractivity contribution in [2.75, 3.05) is 6.54 Å². The van der Waals surface area contributed by atoms with Crippen molar-refractivity contribution in [3.05, 3.63) is 24.0 Å². The zero-order valence-corrected chi connectivity index (χ0v) is 22.5. The number of ether oxygens (including phenoxy) is 1. The lowest BCUT2D eigenvalue weighted by atomic mass is 10.0. The van der Waals surface area contributed by atoms with Crippen molar-refractivity contribution >= 4 is 23.9 Å². The van der Waals surface area contributed by atoms with Gasteiger partial charge >= 0.3 is 12.1 Å². The average molecular weight is 531 g/mol. The highest BCUT2D eigenvalue weighted by Gasteiger charge is 2.61. The minimum atomic E-state index is -1.38. The molecule has 1 aromatic rings. The van der Waals surface area contributed by atoms with Crippen LogP contribution in [0.15, 0.2) is 18.3 Å². The Morgan fingerprint density at radius 1 is 1.24 bits per heavy atom. The molecule has 3 heterocycles. The van der Waals surface area contributed by atoms with E-state index in [1.165, 1.54) is 9.70 Å². The number of aryl methyl sites for hydroxylation is 1. The van der Waals surface area contributed by atoms with Crippen molar-refractivity contribution in [3.8, 4) is 0 Å². The fraction of sp³-hybridized carbons (Fsp3) is 0.692. The van der Waals surface area contributed by atoms with Gasteiger partial charge in [-0.25, -0.2) is 9.59 Å². The Bertz CT molecular complexity index is 1110. The van der Waals surface area contributed by atoms with Gasteiger partial charge in [0, 0.05) is 18.9 Å². The Morgan fingerprint density at radius 3 is 2.66 bits per heavy atom. The summed E-state index contributed by atoms with van der Waals surface area (Å²) in [5.74, 6) is -2.33. The standard InChI is InChI=1S/C26H38N6O6/c1-16-14-27-32(30-16)18-12-20-21(33)29-26(23(35)36)13-17(26)10-8-6-5-7-9-11-19(22(34)31(20)15-18)28-24(37)38-25(2,3)4/h8,10,14,17-20H,5-7,9,11-13,15H2,1-4H3,(H,28,37)(H,29,33)(H,35,36)/b10-8-/t17-,18+,19-,20-,26+/m0/s1. The molecule has 1 aliphatic carbocycles. The molecule has 0 spiro atoms. The third-order valence-electron chi connectivity index (χ3n) is 7.28. The first-order valence-electron chi connectivity index (χ1n) is 13.3. The number of fused-ring (bicyclic) bond motifs is 2. The third-order valence-corrected chi connectivity index (χ3v) is 7.28. The van der Waals surface area contributed by atoms with Crippen LogP contribution >= 0.6 is 0 Å². The van der Waals surface area contributed by atoms with E-state index in [9.17, 15) is 24.3 Å². The van der Waals surface area contributed by atoms with E-state index < -0.39 is 47.1 Å². The number of carbonyl (C=O) groups is 4. The Kier molecular flexibility index (Phi) is 7.80. The van der Waals surface area contributed by atoms with Crippen LogP contribution in [0.4, 0.5) is 4.79 Å². The largest absolute Gasteiger partial charge is 0.479 e. The lowest BCUT2D eigenvalue weighted by Gasteiger charge is -2.30. The van der Waals surface area contributed by atoms with Gasteiger partial charge in [0.05, 0.1) is 17.9 Å². The van der Waals surface area contributed by atoms with Crippen molar-refractivity contribution in [2.24, 2.45) is 5.92 Å². The molecule has 0 radical (unpaired) electrons. The normalized spacial score (nSPS) is 31.2. The monoisotopic (exact) mass is 530 g/mol. The molecule has 5 atom stereocenters. The van der Waals surface area contributed by atoms with Gasteiger partial charge in [0.25, 0.3) is 0 Å². The summed E-state index contributed by atoms with van der Waals surface area (Å²) in [6.07, 6.45) is 8.80. The molecule has 0 unspecified atom stereocenters. The van der Waals surface area contributed by atoms with Gasteiger partial charge in [0.2, 0.25) is 11.8 Å². The molecule has 3 aliphatic rings. The lowest BCUT2D eigenvalue weighted by molar-refractivity contribution is -0.145. The summed E-state index contributed by atoms with van der Waals surface area (Å²) >= 11 is 0. The molecular formula is C26H38N6O6. The second-order valence-electron chi connectivity index (χ2n) is 11.5. The number of aliphatic carboxylic acids is 1. The molecule has 1 saturated heterocycles. The van der Waals surface area contributed by atoms with Crippen LogP contribution in [0.1, 0.15) is 77.5 Å². The number of nitrogens with zero attached hydrogens (tertiary/aromatic N) is 4. The van der Waals surface area contributed by atoms with Gasteiger partial charge in [0.15, 0.2) is 0 Å². The van der Waals surface area contributed by atoms with E-state index in [0.29, 0.717) is 25.0 Å². The number of carbonyl (C=O) groups excluding carboxylic acids is 3. The first-order chi connectivity index (χ1) is 17.9. The fourth-order valence-corrected chi connectivity index (χ4v) is 5.23. The van der Waals surface area contributed by atoms with E-state index in [1.54, 1.807) is 33.9 Å². The van der Waals surface area contributed by atoms with Crippen molar-refractivity contribution < 1.29 is 29.0 Å². The Morgan fingerprint density at radius 2 is 2.00 bits per heavy atom. The van der Waals surface area contributed by atoms with E-state index in [4.69, 9.17) is 4.74 Å². The molecule has 2 fully saturated rings. The number of allylic oxidation sites excluding steroid dienone is 1. The highest BCUT2D eigenvalue weighted by Crippen LogP contribution is 2.45. The number of hydrogen-bond donors (Lipinski definition) is 3. The number of aromatic nitrogens is 3.